The van der Waals surface area contributed by atoms with E-state index in [1.54, 1.807) is 6.92 Å². The molecule has 0 aromatic carbocycles. The molecule has 1 aromatic heterocycles. The van der Waals surface area contributed by atoms with E-state index in [9.17, 15) is 8.42 Å². The highest BCUT2D eigenvalue weighted by atomic mass is 32.2. The molecule has 1 aromatic rings. The van der Waals surface area contributed by atoms with E-state index in [1.165, 1.54) is 0 Å². The fourth-order valence-electron chi connectivity index (χ4n) is 2.09. The van der Waals surface area contributed by atoms with Gasteiger partial charge in [0.05, 0.1) is 5.75 Å². The number of aromatic nitrogens is 1. The van der Waals surface area contributed by atoms with E-state index in [1.807, 2.05) is 4.90 Å². The first kappa shape index (κ1) is 13.6. The first-order valence-electron chi connectivity index (χ1n) is 5.83. The lowest BCUT2D eigenvalue weighted by atomic mass is 10.1. The Morgan fingerprint density at radius 1 is 1.61 bits per heavy atom. The van der Waals surface area contributed by atoms with Crippen molar-refractivity contribution >= 4 is 32.2 Å². The molecule has 0 radical (unpaired) electrons. The van der Waals surface area contributed by atoms with E-state index >= 15 is 0 Å². The lowest BCUT2D eigenvalue weighted by Crippen LogP contribution is -2.22. The van der Waals surface area contributed by atoms with Gasteiger partial charge in [-0.15, -0.1) is 0 Å². The van der Waals surface area contributed by atoms with Gasteiger partial charge in [0, 0.05) is 25.6 Å². The molecule has 1 aliphatic heterocycles. The summed E-state index contributed by atoms with van der Waals surface area (Å²) in [5.74, 6) is 0.301. The van der Waals surface area contributed by atoms with Crippen molar-refractivity contribution in [3.63, 3.8) is 0 Å². The second kappa shape index (κ2) is 5.02. The Labute approximate surface area is 111 Å². The summed E-state index contributed by atoms with van der Waals surface area (Å²) in [4.78, 5) is 2.12. The summed E-state index contributed by atoms with van der Waals surface area (Å²) < 4.78 is 28.0. The summed E-state index contributed by atoms with van der Waals surface area (Å²) in [5, 5.41) is 9.75. The van der Waals surface area contributed by atoms with Crippen LogP contribution in [0.5, 0.6) is 0 Å². The average molecular weight is 291 g/mol. The highest BCUT2D eigenvalue weighted by Crippen LogP contribution is 2.37. The molecule has 1 atom stereocenters. The Morgan fingerprint density at radius 3 is 2.89 bits per heavy atom. The molecule has 0 spiro atoms. The first-order chi connectivity index (χ1) is 8.49. The third kappa shape index (κ3) is 2.32. The number of rotatable bonds is 4. The van der Waals surface area contributed by atoms with Crippen LogP contribution < -0.4 is 10.6 Å². The molecule has 102 valence electrons. The maximum Gasteiger partial charge on any atom is 0.184 e. The van der Waals surface area contributed by atoms with Crippen LogP contribution in [0.25, 0.3) is 0 Å². The van der Waals surface area contributed by atoms with Crippen molar-refractivity contribution in [2.45, 2.75) is 18.2 Å². The minimum atomic E-state index is -3.36. The van der Waals surface area contributed by atoms with Crippen molar-refractivity contribution < 1.29 is 13.5 Å². The number of sulfone groups is 1. The van der Waals surface area contributed by atoms with Crippen LogP contribution in [0, 0.1) is 5.92 Å². The highest BCUT2D eigenvalue weighted by Gasteiger charge is 2.31. The molecule has 0 aliphatic carbocycles. The summed E-state index contributed by atoms with van der Waals surface area (Å²) in [7, 11) is -3.36. The summed E-state index contributed by atoms with van der Waals surface area (Å²) in [6.45, 7) is 3.11. The average Bonchev–Trinajstić information content (AvgIpc) is 2.94. The SMILES string of the molecule is CCS(=O)(=O)c1c(N)nsc1N1CCC(CO)C1. The van der Waals surface area contributed by atoms with Crippen molar-refractivity contribution in [3.8, 4) is 0 Å². The second-order valence-corrected chi connectivity index (χ2v) is 7.36. The number of hydrogen-bond donors (Lipinski definition) is 2. The molecule has 0 amide bonds. The lowest BCUT2D eigenvalue weighted by molar-refractivity contribution is 0.238. The molecule has 1 saturated heterocycles. The molecular weight excluding hydrogens is 274 g/mol. The highest BCUT2D eigenvalue weighted by molar-refractivity contribution is 7.91. The van der Waals surface area contributed by atoms with Gasteiger partial charge in [-0.3, -0.25) is 0 Å². The summed E-state index contributed by atoms with van der Waals surface area (Å²) in [6, 6.07) is 0. The van der Waals surface area contributed by atoms with Gasteiger partial charge < -0.3 is 15.7 Å². The number of aliphatic hydroxyl groups is 1. The Hall–Kier alpha value is -0.860. The molecule has 3 N–H and O–H groups in total. The molecular formula is C10H17N3O3S2. The molecule has 1 aliphatic rings. The van der Waals surface area contributed by atoms with E-state index in [-0.39, 0.29) is 29.0 Å². The van der Waals surface area contributed by atoms with Gasteiger partial charge in [0.25, 0.3) is 0 Å². The van der Waals surface area contributed by atoms with E-state index in [4.69, 9.17) is 10.8 Å². The molecule has 18 heavy (non-hydrogen) atoms. The van der Waals surface area contributed by atoms with Crippen molar-refractivity contribution in [2.75, 3.05) is 36.1 Å². The van der Waals surface area contributed by atoms with Gasteiger partial charge in [0.15, 0.2) is 15.7 Å². The van der Waals surface area contributed by atoms with E-state index in [0.717, 1.165) is 24.5 Å². The molecule has 1 unspecified atom stereocenters. The maximum atomic E-state index is 12.0. The minimum Gasteiger partial charge on any atom is -0.396 e. The Balaban J connectivity index is 2.36. The monoisotopic (exact) mass is 291 g/mol. The van der Waals surface area contributed by atoms with Crippen LogP contribution in [0.15, 0.2) is 4.90 Å². The molecule has 6 nitrogen and oxygen atoms in total. The van der Waals surface area contributed by atoms with Crippen LogP contribution in [-0.4, -0.2) is 43.3 Å². The summed E-state index contributed by atoms with van der Waals surface area (Å²) >= 11 is 1.12. The van der Waals surface area contributed by atoms with Gasteiger partial charge in [-0.25, -0.2) is 8.42 Å². The van der Waals surface area contributed by atoms with Gasteiger partial charge in [0.1, 0.15) is 9.90 Å². The largest absolute Gasteiger partial charge is 0.396 e. The van der Waals surface area contributed by atoms with Crippen LogP contribution in [-0.2, 0) is 9.84 Å². The number of anilines is 2. The molecule has 8 heteroatoms. The molecule has 1 fully saturated rings. The second-order valence-electron chi connectivity index (χ2n) is 4.39. The molecule has 0 bridgehead atoms. The normalized spacial score (nSPS) is 20.6. The first-order valence-corrected chi connectivity index (χ1v) is 8.25. The van der Waals surface area contributed by atoms with Gasteiger partial charge in [-0.1, -0.05) is 6.92 Å². The topological polar surface area (TPSA) is 96.5 Å². The fourth-order valence-corrected chi connectivity index (χ4v) is 4.43. The Kier molecular flexibility index (Phi) is 3.79. The molecule has 0 saturated carbocycles. The van der Waals surface area contributed by atoms with Crippen LogP contribution in [0.4, 0.5) is 10.8 Å². The van der Waals surface area contributed by atoms with Gasteiger partial charge >= 0.3 is 0 Å². The minimum absolute atomic E-state index is 0.0138. The van der Waals surface area contributed by atoms with Gasteiger partial charge in [-0.2, -0.15) is 4.37 Å². The predicted molar refractivity (Wildman–Crippen MR) is 71.7 cm³/mol. The standard InChI is InChI=1S/C10H17N3O3S2/c1-2-18(15,16)8-9(11)12-17-10(8)13-4-3-7(5-13)6-14/h7,14H,2-6H2,1H3,(H2,11,12). The molecule has 2 heterocycles. The van der Waals surface area contributed by atoms with Crippen molar-refractivity contribution in [1.29, 1.82) is 0 Å². The number of hydrogen-bond acceptors (Lipinski definition) is 7. The third-order valence-electron chi connectivity index (χ3n) is 3.18. The van der Waals surface area contributed by atoms with Crippen LogP contribution in [0.2, 0.25) is 0 Å². The summed E-state index contributed by atoms with van der Waals surface area (Å²) in [5.41, 5.74) is 5.68. The number of nitrogens with two attached hydrogens (primary N) is 1. The Bertz CT molecular complexity index is 526. The van der Waals surface area contributed by atoms with Gasteiger partial charge in [0.2, 0.25) is 0 Å². The quantitative estimate of drug-likeness (QED) is 0.830. The van der Waals surface area contributed by atoms with E-state index < -0.39 is 9.84 Å². The number of aliphatic hydroxyl groups excluding tert-OH is 1. The number of nitrogen functional groups attached to an aromatic ring is 1. The van der Waals surface area contributed by atoms with Crippen molar-refractivity contribution in [1.82, 2.24) is 4.37 Å². The van der Waals surface area contributed by atoms with Crippen LogP contribution in [0.3, 0.4) is 0 Å². The number of nitrogens with zero attached hydrogens (tertiary/aromatic N) is 2. The van der Waals surface area contributed by atoms with E-state index in [2.05, 4.69) is 4.37 Å². The van der Waals surface area contributed by atoms with E-state index in [0.29, 0.717) is 11.5 Å². The third-order valence-corrected chi connectivity index (χ3v) is 6.02. The van der Waals surface area contributed by atoms with Crippen molar-refractivity contribution in [3.05, 3.63) is 0 Å². The zero-order chi connectivity index (χ0) is 13.3. The lowest BCUT2D eigenvalue weighted by Gasteiger charge is -2.17. The van der Waals surface area contributed by atoms with Crippen molar-refractivity contribution in [2.24, 2.45) is 5.92 Å². The molecule has 2 rings (SSSR count). The Morgan fingerprint density at radius 2 is 2.33 bits per heavy atom. The van der Waals surface area contributed by atoms with Crippen LogP contribution >= 0.6 is 11.5 Å². The smallest absolute Gasteiger partial charge is 0.184 e. The predicted octanol–water partition coefficient (Wildman–Crippen LogP) is 0.337. The maximum absolute atomic E-state index is 12.0. The fraction of sp³-hybridized carbons (Fsp3) is 0.700. The zero-order valence-electron chi connectivity index (χ0n) is 10.2. The van der Waals surface area contributed by atoms with Crippen LogP contribution in [0.1, 0.15) is 13.3 Å². The van der Waals surface area contributed by atoms with Gasteiger partial charge in [-0.05, 0) is 18.0 Å². The summed E-state index contributed by atoms with van der Waals surface area (Å²) in [6.07, 6.45) is 0.861. The zero-order valence-corrected chi connectivity index (χ0v) is 11.8.